The second-order valence-electron chi connectivity index (χ2n) is 4.90. The standard InChI is InChI=1S/C13H22N4O2/c1-3-7-17-12(10(19-2)8-16-17)11-9(13(14)18)5-4-6-15-11/h8-9,11,15H,3-7H2,1-2H3,(H2,14,18). The van der Waals surface area contributed by atoms with Crippen LogP contribution in [0.2, 0.25) is 0 Å². The number of aromatic nitrogens is 2. The van der Waals surface area contributed by atoms with Gasteiger partial charge in [0.1, 0.15) is 0 Å². The van der Waals surface area contributed by atoms with E-state index in [0.29, 0.717) is 0 Å². The Labute approximate surface area is 113 Å². The Hall–Kier alpha value is -1.56. The number of primary amides is 1. The number of carbonyl (C=O) groups is 1. The zero-order chi connectivity index (χ0) is 13.8. The number of nitrogens with zero attached hydrogens (tertiary/aromatic N) is 2. The third-order valence-corrected chi connectivity index (χ3v) is 3.62. The molecule has 0 aromatic carbocycles. The number of nitrogens with one attached hydrogen (secondary N) is 1. The molecule has 1 aliphatic rings. The largest absolute Gasteiger partial charge is 0.493 e. The SMILES string of the molecule is CCCn1ncc(OC)c1C1NCCCC1C(N)=O. The Bertz CT molecular complexity index is 444. The number of carbonyl (C=O) groups excluding carboxylic acids is 1. The number of nitrogens with two attached hydrogens (primary N) is 1. The molecule has 0 bridgehead atoms. The van der Waals surface area contributed by atoms with Crippen molar-refractivity contribution in [3.63, 3.8) is 0 Å². The van der Waals surface area contributed by atoms with Crippen molar-refractivity contribution >= 4 is 5.91 Å². The average Bonchev–Trinajstić information content (AvgIpc) is 2.82. The zero-order valence-corrected chi connectivity index (χ0v) is 11.6. The summed E-state index contributed by atoms with van der Waals surface area (Å²) in [5, 5.41) is 7.73. The van der Waals surface area contributed by atoms with Crippen molar-refractivity contribution < 1.29 is 9.53 Å². The van der Waals surface area contributed by atoms with Gasteiger partial charge in [0, 0.05) is 6.54 Å². The van der Waals surface area contributed by atoms with E-state index in [2.05, 4.69) is 17.3 Å². The molecular weight excluding hydrogens is 244 g/mol. The van der Waals surface area contributed by atoms with Gasteiger partial charge in [0.2, 0.25) is 5.91 Å². The van der Waals surface area contributed by atoms with E-state index < -0.39 is 0 Å². The van der Waals surface area contributed by atoms with Crippen molar-refractivity contribution in [3.8, 4) is 5.75 Å². The molecule has 1 saturated heterocycles. The molecule has 106 valence electrons. The normalized spacial score (nSPS) is 23.3. The molecule has 19 heavy (non-hydrogen) atoms. The van der Waals surface area contributed by atoms with Crippen LogP contribution in [0.25, 0.3) is 0 Å². The zero-order valence-electron chi connectivity index (χ0n) is 11.6. The number of piperidine rings is 1. The number of hydrogen-bond acceptors (Lipinski definition) is 4. The fraction of sp³-hybridized carbons (Fsp3) is 0.692. The molecule has 6 heteroatoms. The molecule has 2 rings (SSSR count). The topological polar surface area (TPSA) is 82.2 Å². The summed E-state index contributed by atoms with van der Waals surface area (Å²) in [7, 11) is 1.62. The summed E-state index contributed by atoms with van der Waals surface area (Å²) in [6, 6.07) is -0.102. The van der Waals surface area contributed by atoms with E-state index >= 15 is 0 Å². The Morgan fingerprint density at radius 2 is 2.47 bits per heavy atom. The molecule has 0 radical (unpaired) electrons. The van der Waals surface area contributed by atoms with E-state index in [4.69, 9.17) is 10.5 Å². The first kappa shape index (κ1) is 13.9. The minimum atomic E-state index is -0.261. The van der Waals surface area contributed by atoms with Gasteiger partial charge in [0.05, 0.1) is 31.0 Å². The molecule has 6 nitrogen and oxygen atoms in total. The van der Waals surface area contributed by atoms with Gasteiger partial charge in [0.25, 0.3) is 0 Å². The lowest BCUT2D eigenvalue weighted by atomic mass is 9.88. The molecule has 3 N–H and O–H groups in total. The van der Waals surface area contributed by atoms with E-state index in [9.17, 15) is 4.79 Å². The summed E-state index contributed by atoms with van der Waals surface area (Å²) in [5.41, 5.74) is 6.47. The van der Waals surface area contributed by atoms with Gasteiger partial charge >= 0.3 is 0 Å². The highest BCUT2D eigenvalue weighted by atomic mass is 16.5. The predicted molar refractivity (Wildman–Crippen MR) is 71.7 cm³/mol. The quantitative estimate of drug-likeness (QED) is 0.827. The number of amides is 1. The van der Waals surface area contributed by atoms with Crippen LogP contribution in [0.4, 0.5) is 0 Å². The minimum absolute atomic E-state index is 0.102. The summed E-state index contributed by atoms with van der Waals surface area (Å²) in [6.07, 6.45) is 4.47. The van der Waals surface area contributed by atoms with Gasteiger partial charge in [0.15, 0.2) is 5.75 Å². The maximum atomic E-state index is 11.6. The molecule has 2 atom stereocenters. The van der Waals surface area contributed by atoms with Crippen LogP contribution < -0.4 is 15.8 Å². The Balaban J connectivity index is 2.36. The van der Waals surface area contributed by atoms with E-state index in [1.54, 1.807) is 13.3 Å². The van der Waals surface area contributed by atoms with Gasteiger partial charge in [-0.25, -0.2) is 0 Å². The van der Waals surface area contributed by atoms with E-state index in [-0.39, 0.29) is 17.9 Å². The first-order valence-electron chi connectivity index (χ1n) is 6.81. The summed E-state index contributed by atoms with van der Waals surface area (Å²) < 4.78 is 7.29. The highest BCUT2D eigenvalue weighted by Crippen LogP contribution is 2.34. The van der Waals surface area contributed by atoms with E-state index in [1.807, 2.05) is 4.68 Å². The van der Waals surface area contributed by atoms with Gasteiger partial charge in [-0.2, -0.15) is 5.10 Å². The molecule has 2 heterocycles. The fourth-order valence-electron chi connectivity index (χ4n) is 2.72. The lowest BCUT2D eigenvalue weighted by Gasteiger charge is -2.31. The maximum absolute atomic E-state index is 11.6. The minimum Gasteiger partial charge on any atom is -0.493 e. The number of hydrogen-bond donors (Lipinski definition) is 2. The Morgan fingerprint density at radius 3 is 3.11 bits per heavy atom. The van der Waals surface area contributed by atoms with E-state index in [1.165, 1.54) is 0 Å². The monoisotopic (exact) mass is 266 g/mol. The Kier molecular flexibility index (Phi) is 4.42. The van der Waals surface area contributed by atoms with Crippen LogP contribution in [0.15, 0.2) is 6.20 Å². The van der Waals surface area contributed by atoms with E-state index in [0.717, 1.165) is 43.8 Å². The van der Waals surface area contributed by atoms with Crippen LogP contribution in [-0.2, 0) is 11.3 Å². The summed E-state index contributed by atoms with van der Waals surface area (Å²) >= 11 is 0. The lowest BCUT2D eigenvalue weighted by molar-refractivity contribution is -0.123. The average molecular weight is 266 g/mol. The second kappa shape index (κ2) is 6.06. The molecule has 0 spiro atoms. The second-order valence-corrected chi connectivity index (χ2v) is 4.90. The Morgan fingerprint density at radius 1 is 1.68 bits per heavy atom. The number of rotatable bonds is 5. The first-order valence-corrected chi connectivity index (χ1v) is 6.81. The van der Waals surface area contributed by atoms with Gasteiger partial charge in [-0.3, -0.25) is 9.48 Å². The van der Waals surface area contributed by atoms with Gasteiger partial charge in [-0.15, -0.1) is 0 Å². The van der Waals surface area contributed by atoms with Gasteiger partial charge in [-0.1, -0.05) is 6.92 Å². The molecule has 1 aliphatic heterocycles. The third-order valence-electron chi connectivity index (χ3n) is 3.62. The molecule has 1 aromatic rings. The highest BCUT2D eigenvalue weighted by molar-refractivity contribution is 5.77. The van der Waals surface area contributed by atoms with Crippen molar-refractivity contribution in [1.82, 2.24) is 15.1 Å². The highest BCUT2D eigenvalue weighted by Gasteiger charge is 2.34. The van der Waals surface area contributed by atoms with Crippen LogP contribution in [0.5, 0.6) is 5.75 Å². The molecule has 0 saturated carbocycles. The summed E-state index contributed by atoms with van der Waals surface area (Å²) in [4.78, 5) is 11.6. The van der Waals surface area contributed by atoms with Crippen molar-refractivity contribution in [3.05, 3.63) is 11.9 Å². The maximum Gasteiger partial charge on any atom is 0.222 e. The predicted octanol–water partition coefficient (Wildman–Crippen LogP) is 0.828. The van der Waals surface area contributed by atoms with Crippen LogP contribution in [0.1, 0.15) is 37.9 Å². The van der Waals surface area contributed by atoms with Crippen molar-refractivity contribution in [2.45, 2.75) is 38.8 Å². The van der Waals surface area contributed by atoms with Crippen LogP contribution in [0, 0.1) is 5.92 Å². The molecule has 1 fully saturated rings. The molecule has 1 aromatic heterocycles. The fourth-order valence-corrected chi connectivity index (χ4v) is 2.72. The molecule has 2 unspecified atom stereocenters. The summed E-state index contributed by atoms with van der Waals surface area (Å²) in [6.45, 7) is 3.79. The number of methoxy groups -OCH3 is 1. The van der Waals surface area contributed by atoms with Crippen LogP contribution in [0.3, 0.4) is 0 Å². The van der Waals surface area contributed by atoms with Crippen molar-refractivity contribution in [2.24, 2.45) is 11.7 Å². The van der Waals surface area contributed by atoms with Gasteiger partial charge < -0.3 is 15.8 Å². The molecular formula is C13H22N4O2. The third kappa shape index (κ3) is 2.73. The smallest absolute Gasteiger partial charge is 0.222 e. The molecule has 1 amide bonds. The van der Waals surface area contributed by atoms with Gasteiger partial charge in [-0.05, 0) is 25.8 Å². The van der Waals surface area contributed by atoms with Crippen LogP contribution >= 0.6 is 0 Å². The number of aryl methyl sites for hydroxylation is 1. The van der Waals surface area contributed by atoms with Crippen LogP contribution in [-0.4, -0.2) is 29.3 Å². The molecule has 0 aliphatic carbocycles. The van der Waals surface area contributed by atoms with Crippen molar-refractivity contribution in [2.75, 3.05) is 13.7 Å². The number of ether oxygens (including phenoxy) is 1. The van der Waals surface area contributed by atoms with Crippen molar-refractivity contribution in [1.29, 1.82) is 0 Å². The summed E-state index contributed by atoms with van der Waals surface area (Å²) in [5.74, 6) is 0.262. The lowest BCUT2D eigenvalue weighted by Crippen LogP contribution is -2.42. The first-order chi connectivity index (χ1) is 9.19.